The lowest BCUT2D eigenvalue weighted by molar-refractivity contribution is -0.139. The van der Waals surface area contributed by atoms with E-state index >= 15 is 0 Å². The van der Waals surface area contributed by atoms with Gasteiger partial charge in [-0.2, -0.15) is 13.2 Å². The van der Waals surface area contributed by atoms with Crippen LogP contribution in [0.15, 0.2) is 42.5 Å². The smallest absolute Gasteiger partial charge is 0.416 e. The Bertz CT molecular complexity index is 821. The van der Waals surface area contributed by atoms with E-state index in [9.17, 15) is 18.0 Å². The van der Waals surface area contributed by atoms with E-state index in [4.69, 9.17) is 10.5 Å². The van der Waals surface area contributed by atoms with Crippen LogP contribution < -0.4 is 10.5 Å². The highest BCUT2D eigenvalue weighted by Gasteiger charge is 2.32. The number of alkyl halides is 3. The third kappa shape index (κ3) is 3.76. The van der Waals surface area contributed by atoms with Crippen LogP contribution in [0.25, 0.3) is 0 Å². The molecule has 7 heteroatoms. The molecule has 2 aromatic carbocycles. The summed E-state index contributed by atoms with van der Waals surface area (Å²) >= 11 is 0. The number of benzene rings is 2. The first-order valence-corrected chi connectivity index (χ1v) is 8.28. The Balaban J connectivity index is 1.92. The molecule has 0 aliphatic carbocycles. The summed E-state index contributed by atoms with van der Waals surface area (Å²) in [6, 6.07) is 10.1. The van der Waals surface area contributed by atoms with Crippen LogP contribution in [-0.4, -0.2) is 16.9 Å². The molecular formula is C19H19F3N2O2. The van der Waals surface area contributed by atoms with Crippen LogP contribution in [0.4, 0.5) is 18.9 Å². The minimum Gasteiger partial charge on any atom is -0.480 e. The number of anilines is 1. The molecule has 1 amide bonds. The van der Waals surface area contributed by atoms with Crippen molar-refractivity contribution in [2.45, 2.75) is 38.7 Å². The van der Waals surface area contributed by atoms with E-state index in [1.807, 2.05) is 6.92 Å². The maximum atomic E-state index is 12.9. The second-order valence-electron chi connectivity index (χ2n) is 6.27. The Hall–Kier alpha value is -2.70. The average molecular weight is 364 g/mol. The number of carbonyl (C=O) groups excluding carboxylic acids is 1. The Morgan fingerprint density at radius 2 is 2.00 bits per heavy atom. The van der Waals surface area contributed by atoms with Gasteiger partial charge in [0, 0.05) is 24.3 Å². The minimum absolute atomic E-state index is 0.0663. The number of nitrogen functional groups attached to an aromatic ring is 1. The lowest BCUT2D eigenvalue weighted by Crippen LogP contribution is -2.38. The average Bonchev–Trinajstić information content (AvgIpc) is 2.71. The third-order valence-corrected chi connectivity index (χ3v) is 4.30. The highest BCUT2D eigenvalue weighted by atomic mass is 19.4. The fraction of sp³-hybridized carbons (Fsp3) is 0.316. The molecule has 2 aromatic rings. The van der Waals surface area contributed by atoms with Crippen LogP contribution in [0.5, 0.6) is 5.75 Å². The monoisotopic (exact) mass is 364 g/mol. The summed E-state index contributed by atoms with van der Waals surface area (Å²) in [5, 5.41) is 0. The van der Waals surface area contributed by atoms with Gasteiger partial charge >= 0.3 is 6.18 Å². The molecule has 1 aliphatic rings. The number of nitrogens with two attached hydrogens (primary N) is 1. The first kappa shape index (κ1) is 18.1. The van der Waals surface area contributed by atoms with Gasteiger partial charge in [-0.25, -0.2) is 0 Å². The van der Waals surface area contributed by atoms with Crippen molar-refractivity contribution in [3.05, 3.63) is 59.2 Å². The molecule has 1 atom stereocenters. The van der Waals surface area contributed by atoms with Crippen molar-refractivity contribution in [2.24, 2.45) is 0 Å². The molecular weight excluding hydrogens is 345 g/mol. The largest absolute Gasteiger partial charge is 0.480 e. The third-order valence-electron chi connectivity index (χ3n) is 4.30. The molecule has 138 valence electrons. The first-order chi connectivity index (χ1) is 12.3. The molecule has 0 bridgehead atoms. The van der Waals surface area contributed by atoms with E-state index in [-0.39, 0.29) is 19.0 Å². The molecule has 2 N–H and O–H groups in total. The van der Waals surface area contributed by atoms with Crippen molar-refractivity contribution in [1.82, 2.24) is 4.90 Å². The van der Waals surface area contributed by atoms with E-state index in [0.29, 0.717) is 23.4 Å². The highest BCUT2D eigenvalue weighted by molar-refractivity contribution is 5.82. The van der Waals surface area contributed by atoms with Gasteiger partial charge in [0.05, 0.1) is 5.56 Å². The molecule has 0 saturated heterocycles. The molecule has 4 nitrogen and oxygen atoms in total. The van der Waals surface area contributed by atoms with E-state index < -0.39 is 17.8 Å². The maximum absolute atomic E-state index is 12.9. The van der Waals surface area contributed by atoms with Gasteiger partial charge in [0.2, 0.25) is 0 Å². The van der Waals surface area contributed by atoms with Crippen molar-refractivity contribution in [3.63, 3.8) is 0 Å². The minimum atomic E-state index is -4.42. The number of amides is 1. The SMILES string of the molecule is CCC1Oc2ccc(N)cc2CN(Cc2cccc(C(F)(F)F)c2)C1=O. The van der Waals surface area contributed by atoms with Gasteiger partial charge < -0.3 is 15.4 Å². The number of rotatable bonds is 3. The van der Waals surface area contributed by atoms with Gasteiger partial charge in [0.15, 0.2) is 6.10 Å². The molecule has 3 rings (SSSR count). The summed E-state index contributed by atoms with van der Waals surface area (Å²) in [7, 11) is 0. The van der Waals surface area contributed by atoms with Gasteiger partial charge in [0.25, 0.3) is 5.91 Å². The summed E-state index contributed by atoms with van der Waals surface area (Å²) in [5.41, 5.74) is 6.77. The number of halogens is 3. The predicted octanol–water partition coefficient (Wildman–Crippen LogP) is 3.99. The number of fused-ring (bicyclic) bond motifs is 1. The van der Waals surface area contributed by atoms with Gasteiger partial charge in [-0.15, -0.1) is 0 Å². The van der Waals surface area contributed by atoms with Gasteiger partial charge in [-0.3, -0.25) is 4.79 Å². The Kier molecular flexibility index (Phi) is 4.80. The molecule has 26 heavy (non-hydrogen) atoms. The second-order valence-corrected chi connectivity index (χ2v) is 6.27. The van der Waals surface area contributed by atoms with Crippen LogP contribution in [0.3, 0.4) is 0 Å². The number of ether oxygens (including phenoxy) is 1. The van der Waals surface area contributed by atoms with Gasteiger partial charge in [-0.1, -0.05) is 19.1 Å². The van der Waals surface area contributed by atoms with Crippen LogP contribution >= 0.6 is 0 Å². The Morgan fingerprint density at radius 1 is 1.23 bits per heavy atom. The highest BCUT2D eigenvalue weighted by Crippen LogP contribution is 2.31. The fourth-order valence-electron chi connectivity index (χ4n) is 2.99. The van der Waals surface area contributed by atoms with Crippen molar-refractivity contribution >= 4 is 11.6 Å². The normalized spacial score (nSPS) is 17.5. The number of hydrogen-bond donors (Lipinski definition) is 1. The van der Waals surface area contributed by atoms with Crippen LogP contribution in [0.1, 0.15) is 30.0 Å². The van der Waals surface area contributed by atoms with E-state index in [1.165, 1.54) is 11.0 Å². The Morgan fingerprint density at radius 3 is 2.69 bits per heavy atom. The first-order valence-electron chi connectivity index (χ1n) is 8.28. The zero-order valence-corrected chi connectivity index (χ0v) is 14.2. The maximum Gasteiger partial charge on any atom is 0.416 e. The Labute approximate surface area is 149 Å². The summed E-state index contributed by atoms with van der Waals surface area (Å²) in [4.78, 5) is 14.3. The molecule has 1 unspecified atom stereocenters. The summed E-state index contributed by atoms with van der Waals surface area (Å²) in [5.74, 6) is 0.325. The molecule has 1 aliphatic heterocycles. The molecule has 1 heterocycles. The molecule has 0 radical (unpaired) electrons. The van der Waals surface area contributed by atoms with E-state index in [1.54, 1.807) is 24.3 Å². The topological polar surface area (TPSA) is 55.6 Å². The van der Waals surface area contributed by atoms with Gasteiger partial charge in [0.1, 0.15) is 5.75 Å². The zero-order valence-electron chi connectivity index (χ0n) is 14.2. The number of hydrogen-bond acceptors (Lipinski definition) is 3. The lowest BCUT2D eigenvalue weighted by atomic mass is 10.1. The van der Waals surface area contributed by atoms with Crippen molar-refractivity contribution in [3.8, 4) is 5.75 Å². The van der Waals surface area contributed by atoms with E-state index in [2.05, 4.69) is 0 Å². The molecule has 0 spiro atoms. The number of nitrogens with zero attached hydrogens (tertiary/aromatic N) is 1. The van der Waals surface area contributed by atoms with Crippen LogP contribution in [0, 0.1) is 0 Å². The summed E-state index contributed by atoms with van der Waals surface area (Å²) < 4.78 is 44.6. The standard InChI is InChI=1S/C19H19F3N2O2/c1-2-16-18(25)24(11-13-9-15(23)6-7-17(13)26-16)10-12-4-3-5-14(8-12)19(20,21)22/h3-9,16H,2,10-11,23H2,1H3. The van der Waals surface area contributed by atoms with Crippen molar-refractivity contribution in [2.75, 3.05) is 5.73 Å². The van der Waals surface area contributed by atoms with Crippen molar-refractivity contribution < 1.29 is 22.7 Å². The second kappa shape index (κ2) is 6.90. The number of carbonyl (C=O) groups is 1. The van der Waals surface area contributed by atoms with Gasteiger partial charge in [-0.05, 0) is 42.3 Å². The summed E-state index contributed by atoms with van der Waals surface area (Å²) in [6.07, 6.45) is -4.64. The fourth-order valence-corrected chi connectivity index (χ4v) is 2.99. The lowest BCUT2D eigenvalue weighted by Gasteiger charge is -2.23. The van der Waals surface area contributed by atoms with Crippen LogP contribution in [0.2, 0.25) is 0 Å². The summed E-state index contributed by atoms with van der Waals surface area (Å²) in [6.45, 7) is 2.12. The van der Waals surface area contributed by atoms with E-state index in [0.717, 1.165) is 17.7 Å². The molecule has 0 fully saturated rings. The van der Waals surface area contributed by atoms with Crippen molar-refractivity contribution in [1.29, 1.82) is 0 Å². The molecule has 0 saturated carbocycles. The zero-order chi connectivity index (χ0) is 18.9. The quantitative estimate of drug-likeness (QED) is 0.838. The predicted molar refractivity (Wildman–Crippen MR) is 91.3 cm³/mol. The molecule has 0 aromatic heterocycles. The van der Waals surface area contributed by atoms with Crippen LogP contribution in [-0.2, 0) is 24.1 Å².